The lowest BCUT2D eigenvalue weighted by molar-refractivity contribution is 0.918. The van der Waals surface area contributed by atoms with Crippen molar-refractivity contribution in [2.24, 2.45) is 0 Å². The van der Waals surface area contributed by atoms with Gasteiger partial charge in [0.15, 0.2) is 11.0 Å². The molecule has 20 heavy (non-hydrogen) atoms. The van der Waals surface area contributed by atoms with Gasteiger partial charge in [0.2, 0.25) is 0 Å². The summed E-state index contributed by atoms with van der Waals surface area (Å²) in [6.07, 6.45) is 3.20. The molecule has 0 spiro atoms. The quantitative estimate of drug-likeness (QED) is 0.829. The van der Waals surface area contributed by atoms with Gasteiger partial charge in [0.05, 0.1) is 0 Å². The zero-order chi connectivity index (χ0) is 13.9. The maximum atomic E-state index is 6.07. The molecular formula is C15H17ClN4. The molecule has 1 fully saturated rings. The summed E-state index contributed by atoms with van der Waals surface area (Å²) in [6, 6.07) is 10.3. The van der Waals surface area contributed by atoms with Crippen LogP contribution in [0.15, 0.2) is 30.3 Å². The number of nitrogens with one attached hydrogen (secondary N) is 1. The summed E-state index contributed by atoms with van der Waals surface area (Å²) < 4.78 is 0. The number of hydrogen-bond acceptors (Lipinski definition) is 4. The van der Waals surface area contributed by atoms with Crippen LogP contribution in [0.4, 0.5) is 11.5 Å². The first-order valence-corrected chi connectivity index (χ1v) is 7.22. The molecule has 4 nitrogen and oxygen atoms in total. The number of nitrogens with zero attached hydrogens (tertiary/aromatic N) is 2. The number of halogens is 1. The summed E-state index contributed by atoms with van der Waals surface area (Å²) in [6.45, 7) is 0.770. The van der Waals surface area contributed by atoms with Gasteiger partial charge in [0.25, 0.3) is 0 Å². The highest BCUT2D eigenvalue weighted by molar-refractivity contribution is 6.32. The molecule has 1 aliphatic carbocycles. The molecule has 3 N–H and O–H groups in total. The van der Waals surface area contributed by atoms with E-state index in [9.17, 15) is 0 Å². The Balaban J connectivity index is 1.67. The van der Waals surface area contributed by atoms with E-state index in [1.54, 1.807) is 0 Å². The number of rotatable bonds is 5. The Morgan fingerprint density at radius 2 is 1.95 bits per heavy atom. The van der Waals surface area contributed by atoms with Crippen LogP contribution in [-0.4, -0.2) is 16.5 Å². The van der Waals surface area contributed by atoms with Crippen LogP contribution in [-0.2, 0) is 6.42 Å². The zero-order valence-electron chi connectivity index (χ0n) is 11.1. The molecule has 5 heteroatoms. The maximum absolute atomic E-state index is 6.07. The Hall–Kier alpha value is -1.81. The van der Waals surface area contributed by atoms with Crippen molar-refractivity contribution in [2.45, 2.75) is 25.2 Å². The lowest BCUT2D eigenvalue weighted by Crippen LogP contribution is -2.11. The first-order valence-electron chi connectivity index (χ1n) is 6.85. The molecule has 1 saturated carbocycles. The van der Waals surface area contributed by atoms with E-state index in [2.05, 4.69) is 27.4 Å². The highest BCUT2D eigenvalue weighted by Gasteiger charge is 2.28. The Labute approximate surface area is 123 Å². The monoisotopic (exact) mass is 288 g/mol. The summed E-state index contributed by atoms with van der Waals surface area (Å²) in [5.74, 6) is 1.93. The van der Waals surface area contributed by atoms with E-state index in [0.717, 1.165) is 31.6 Å². The Kier molecular flexibility index (Phi) is 3.74. The molecule has 104 valence electrons. The molecule has 0 aliphatic heterocycles. The van der Waals surface area contributed by atoms with E-state index in [1.165, 1.54) is 5.56 Å². The molecule has 1 aromatic heterocycles. The van der Waals surface area contributed by atoms with Gasteiger partial charge in [0, 0.05) is 12.5 Å². The van der Waals surface area contributed by atoms with Crippen molar-refractivity contribution in [1.29, 1.82) is 0 Å². The SMILES string of the molecule is Nc1c(Cl)nc(C2CC2)nc1NCCc1ccccc1. The van der Waals surface area contributed by atoms with Crippen LogP contribution in [0.25, 0.3) is 0 Å². The number of aromatic nitrogens is 2. The predicted molar refractivity (Wildman–Crippen MR) is 82.1 cm³/mol. The largest absolute Gasteiger partial charge is 0.393 e. The summed E-state index contributed by atoms with van der Waals surface area (Å²) in [4.78, 5) is 8.75. The average molecular weight is 289 g/mol. The summed E-state index contributed by atoms with van der Waals surface area (Å²) >= 11 is 6.07. The van der Waals surface area contributed by atoms with Crippen LogP contribution in [0.3, 0.4) is 0 Å². The minimum absolute atomic E-state index is 0.351. The van der Waals surface area contributed by atoms with Crippen molar-refractivity contribution in [3.63, 3.8) is 0 Å². The molecule has 0 radical (unpaired) electrons. The van der Waals surface area contributed by atoms with Crippen LogP contribution in [0.5, 0.6) is 0 Å². The third-order valence-electron chi connectivity index (χ3n) is 3.41. The van der Waals surface area contributed by atoms with E-state index in [-0.39, 0.29) is 0 Å². The molecule has 0 unspecified atom stereocenters. The van der Waals surface area contributed by atoms with Gasteiger partial charge in [-0.1, -0.05) is 41.9 Å². The van der Waals surface area contributed by atoms with Crippen molar-refractivity contribution in [3.05, 3.63) is 46.9 Å². The van der Waals surface area contributed by atoms with Crippen LogP contribution in [0, 0.1) is 0 Å². The Morgan fingerprint density at radius 3 is 2.65 bits per heavy atom. The van der Waals surface area contributed by atoms with E-state index < -0.39 is 0 Å². The first-order chi connectivity index (χ1) is 9.74. The van der Waals surface area contributed by atoms with Crippen LogP contribution < -0.4 is 11.1 Å². The van der Waals surface area contributed by atoms with Crippen LogP contribution in [0.1, 0.15) is 30.1 Å². The van der Waals surface area contributed by atoms with Crippen molar-refractivity contribution in [3.8, 4) is 0 Å². The molecule has 0 saturated heterocycles. The van der Waals surface area contributed by atoms with Crippen LogP contribution in [0.2, 0.25) is 5.15 Å². The number of nitrogens with two attached hydrogens (primary N) is 1. The molecule has 0 amide bonds. The standard InChI is InChI=1S/C15H17ClN4/c16-13-12(17)15(20-14(19-13)11-6-7-11)18-9-8-10-4-2-1-3-5-10/h1-5,11H,6-9,17H2,(H,18,19,20). The second-order valence-corrected chi connectivity index (χ2v) is 5.43. The van der Waals surface area contributed by atoms with Gasteiger partial charge in [-0.2, -0.15) is 0 Å². The van der Waals surface area contributed by atoms with E-state index in [0.29, 0.717) is 22.6 Å². The van der Waals surface area contributed by atoms with Gasteiger partial charge in [-0.15, -0.1) is 0 Å². The van der Waals surface area contributed by atoms with Gasteiger partial charge in [-0.05, 0) is 24.8 Å². The van der Waals surface area contributed by atoms with Crippen molar-refractivity contribution < 1.29 is 0 Å². The second-order valence-electron chi connectivity index (χ2n) is 5.07. The lowest BCUT2D eigenvalue weighted by atomic mass is 10.1. The summed E-state index contributed by atoms with van der Waals surface area (Å²) in [5.41, 5.74) is 7.65. The lowest BCUT2D eigenvalue weighted by Gasteiger charge is -2.11. The Morgan fingerprint density at radius 1 is 1.20 bits per heavy atom. The topological polar surface area (TPSA) is 63.8 Å². The smallest absolute Gasteiger partial charge is 0.157 e. The summed E-state index contributed by atoms with van der Waals surface area (Å²) in [5, 5.41) is 3.62. The van der Waals surface area contributed by atoms with Crippen molar-refractivity contribution in [2.75, 3.05) is 17.6 Å². The number of nitrogen functional groups attached to an aromatic ring is 1. The normalized spacial score (nSPS) is 14.2. The fourth-order valence-electron chi connectivity index (χ4n) is 2.09. The molecular weight excluding hydrogens is 272 g/mol. The molecule has 0 atom stereocenters. The fourth-order valence-corrected chi connectivity index (χ4v) is 2.26. The van der Waals surface area contributed by atoms with Crippen molar-refractivity contribution in [1.82, 2.24) is 9.97 Å². The molecule has 2 aromatic rings. The van der Waals surface area contributed by atoms with Gasteiger partial charge in [-0.25, -0.2) is 9.97 Å². The Bertz CT molecular complexity index is 596. The van der Waals surface area contributed by atoms with Crippen molar-refractivity contribution >= 4 is 23.1 Å². The highest BCUT2D eigenvalue weighted by Crippen LogP contribution is 2.40. The van der Waals surface area contributed by atoms with E-state index in [1.807, 2.05) is 18.2 Å². The second kappa shape index (κ2) is 5.67. The maximum Gasteiger partial charge on any atom is 0.157 e. The minimum Gasteiger partial charge on any atom is -0.393 e. The van der Waals surface area contributed by atoms with E-state index >= 15 is 0 Å². The molecule has 1 aromatic carbocycles. The van der Waals surface area contributed by atoms with Crippen LogP contribution >= 0.6 is 11.6 Å². The predicted octanol–water partition coefficient (Wildman–Crippen LogP) is 3.24. The van der Waals surface area contributed by atoms with Gasteiger partial charge >= 0.3 is 0 Å². The van der Waals surface area contributed by atoms with Gasteiger partial charge in [0.1, 0.15) is 11.5 Å². The molecule has 3 rings (SSSR count). The number of benzene rings is 1. The zero-order valence-corrected chi connectivity index (χ0v) is 11.9. The highest BCUT2D eigenvalue weighted by atomic mass is 35.5. The minimum atomic E-state index is 0.351. The average Bonchev–Trinajstić information content (AvgIpc) is 3.29. The third kappa shape index (κ3) is 3.02. The van der Waals surface area contributed by atoms with Gasteiger partial charge < -0.3 is 11.1 Å². The number of anilines is 2. The molecule has 0 bridgehead atoms. The third-order valence-corrected chi connectivity index (χ3v) is 3.70. The van der Waals surface area contributed by atoms with Gasteiger partial charge in [-0.3, -0.25) is 0 Å². The first kappa shape index (κ1) is 13.2. The molecule has 1 aliphatic rings. The van der Waals surface area contributed by atoms with E-state index in [4.69, 9.17) is 17.3 Å². The fraction of sp³-hybridized carbons (Fsp3) is 0.333. The number of hydrogen-bond donors (Lipinski definition) is 2. The molecule has 1 heterocycles. The summed E-state index contributed by atoms with van der Waals surface area (Å²) in [7, 11) is 0.